The number of halogens is 1. The van der Waals surface area contributed by atoms with Gasteiger partial charge in [0, 0.05) is 27.1 Å². The zero-order valence-corrected chi connectivity index (χ0v) is 12.4. The van der Waals surface area contributed by atoms with E-state index in [0.717, 1.165) is 21.5 Å². The third-order valence-corrected chi connectivity index (χ3v) is 3.73. The smallest absolute Gasteiger partial charge is 0.336 e. The van der Waals surface area contributed by atoms with E-state index in [1.807, 2.05) is 23.6 Å². The van der Waals surface area contributed by atoms with Gasteiger partial charge in [-0.25, -0.2) is 4.79 Å². The molecule has 0 aliphatic rings. The Labute approximate surface area is 124 Å². The number of carbonyl (C=O) groups is 2. The van der Waals surface area contributed by atoms with Gasteiger partial charge >= 0.3 is 5.97 Å². The largest absolute Gasteiger partial charge is 0.478 e. The summed E-state index contributed by atoms with van der Waals surface area (Å²) in [6.45, 7) is 1.96. The Kier molecular flexibility index (Phi) is 4.04. The highest BCUT2D eigenvalue weighted by Crippen LogP contribution is 2.21. The summed E-state index contributed by atoms with van der Waals surface area (Å²) in [4.78, 5) is 22.0. The number of nitrogens with zero attached hydrogens (tertiary/aromatic N) is 1. The van der Waals surface area contributed by atoms with Crippen LogP contribution in [0.1, 0.15) is 32.1 Å². The van der Waals surface area contributed by atoms with Crippen LogP contribution in [0, 0.1) is 6.92 Å². The molecule has 0 aliphatic heterocycles. The molecule has 0 bridgehead atoms. The number of aryl methyl sites for hydroxylation is 1. The van der Waals surface area contributed by atoms with Gasteiger partial charge < -0.3 is 9.67 Å². The number of aromatic nitrogens is 1. The normalized spacial score (nSPS) is 10.4. The fraction of sp³-hybridized carbons (Fsp3) is 0.143. The van der Waals surface area contributed by atoms with Crippen LogP contribution in [0.3, 0.4) is 0 Å². The molecule has 0 fully saturated rings. The first-order valence-electron chi connectivity index (χ1n) is 5.64. The van der Waals surface area contributed by atoms with Gasteiger partial charge in [0.25, 0.3) is 0 Å². The maximum atomic E-state index is 11.2. The number of carboxylic acid groups (broad SMARTS) is 1. The van der Waals surface area contributed by atoms with E-state index in [0.29, 0.717) is 6.29 Å². The van der Waals surface area contributed by atoms with Gasteiger partial charge in [0.15, 0.2) is 6.29 Å². The number of carbonyl (C=O) groups excluding carboxylic acids is 1. The average molecular weight is 369 g/mol. The Morgan fingerprint density at radius 1 is 1.37 bits per heavy atom. The fourth-order valence-electron chi connectivity index (χ4n) is 2.04. The molecule has 5 heteroatoms. The highest BCUT2D eigenvalue weighted by molar-refractivity contribution is 14.1. The van der Waals surface area contributed by atoms with Gasteiger partial charge in [0.05, 0.1) is 5.56 Å². The first-order valence-corrected chi connectivity index (χ1v) is 7.17. The molecule has 0 aliphatic carbocycles. The van der Waals surface area contributed by atoms with Gasteiger partial charge in [0.1, 0.15) is 0 Å². The number of benzene rings is 1. The van der Waals surface area contributed by atoms with E-state index in [2.05, 4.69) is 22.6 Å². The maximum Gasteiger partial charge on any atom is 0.336 e. The molecule has 2 rings (SSSR count). The van der Waals surface area contributed by atoms with E-state index in [-0.39, 0.29) is 11.1 Å². The van der Waals surface area contributed by atoms with Crippen LogP contribution in [0.25, 0.3) is 5.69 Å². The van der Waals surface area contributed by atoms with E-state index in [4.69, 9.17) is 5.11 Å². The van der Waals surface area contributed by atoms with Crippen molar-refractivity contribution in [3.8, 4) is 5.69 Å². The molecule has 0 saturated heterocycles. The van der Waals surface area contributed by atoms with Gasteiger partial charge in [-0.1, -0.05) is 22.6 Å². The summed E-state index contributed by atoms with van der Waals surface area (Å²) in [7, 11) is 0. The minimum Gasteiger partial charge on any atom is -0.478 e. The first kappa shape index (κ1) is 13.8. The van der Waals surface area contributed by atoms with Gasteiger partial charge in [-0.15, -0.1) is 0 Å². The fourth-order valence-corrected chi connectivity index (χ4v) is 2.63. The third-order valence-electron chi connectivity index (χ3n) is 2.95. The van der Waals surface area contributed by atoms with Crippen LogP contribution >= 0.6 is 22.6 Å². The summed E-state index contributed by atoms with van der Waals surface area (Å²) >= 11 is 2.26. The van der Waals surface area contributed by atoms with Crippen molar-refractivity contribution in [2.75, 3.05) is 0 Å². The molecule has 1 aromatic heterocycles. The second kappa shape index (κ2) is 5.56. The zero-order valence-electron chi connectivity index (χ0n) is 10.3. The summed E-state index contributed by atoms with van der Waals surface area (Å²) < 4.78 is 2.82. The molecule has 19 heavy (non-hydrogen) atoms. The lowest BCUT2D eigenvalue weighted by Crippen LogP contribution is -2.06. The van der Waals surface area contributed by atoms with E-state index in [1.54, 1.807) is 12.1 Å². The molecule has 2 aromatic rings. The minimum absolute atomic E-state index is 0.0278. The Bertz CT molecular complexity index is 646. The zero-order chi connectivity index (χ0) is 14.0. The second-order valence-electron chi connectivity index (χ2n) is 4.13. The summed E-state index contributed by atoms with van der Waals surface area (Å²) in [6.07, 6.45) is 0.564. The van der Waals surface area contributed by atoms with Gasteiger partial charge in [-0.2, -0.15) is 0 Å². The highest BCUT2D eigenvalue weighted by Gasteiger charge is 2.13. The topological polar surface area (TPSA) is 59.3 Å². The van der Waals surface area contributed by atoms with Crippen molar-refractivity contribution >= 4 is 34.8 Å². The van der Waals surface area contributed by atoms with Crippen LogP contribution in [0.5, 0.6) is 0 Å². The number of aldehydes is 1. The molecule has 0 spiro atoms. The van der Waals surface area contributed by atoms with Crippen LogP contribution < -0.4 is 0 Å². The number of carboxylic acids is 1. The van der Waals surface area contributed by atoms with Crippen molar-refractivity contribution in [1.29, 1.82) is 0 Å². The number of rotatable bonds is 4. The van der Waals surface area contributed by atoms with E-state index < -0.39 is 5.97 Å². The monoisotopic (exact) mass is 369 g/mol. The molecule has 0 amide bonds. The molecule has 0 radical (unpaired) electrons. The molecule has 1 heterocycles. The summed E-state index contributed by atoms with van der Waals surface area (Å²) in [5.74, 6) is -1.09. The van der Waals surface area contributed by atoms with Crippen molar-refractivity contribution < 1.29 is 14.7 Å². The minimum atomic E-state index is -1.09. The van der Waals surface area contributed by atoms with Crippen molar-refractivity contribution in [2.24, 2.45) is 0 Å². The lowest BCUT2D eigenvalue weighted by atomic mass is 10.1. The molecular weight excluding hydrogens is 357 g/mol. The first-order chi connectivity index (χ1) is 9.08. The highest BCUT2D eigenvalue weighted by atomic mass is 127. The standard InChI is InChI=1S/C14H12INO3/c1-9-2-4-12(7-15)16(9)11-5-3-10(8-17)13(6-11)14(18)19/h2-6,8H,7H2,1H3,(H,18,19). The van der Waals surface area contributed by atoms with Crippen LogP contribution in [0.2, 0.25) is 0 Å². The molecular formula is C14H12INO3. The molecule has 0 atom stereocenters. The molecule has 0 unspecified atom stereocenters. The van der Waals surface area contributed by atoms with Crippen molar-refractivity contribution in [1.82, 2.24) is 4.57 Å². The molecule has 4 nitrogen and oxygen atoms in total. The lowest BCUT2D eigenvalue weighted by molar-refractivity contribution is 0.0694. The second-order valence-corrected chi connectivity index (χ2v) is 4.89. The molecule has 0 saturated carbocycles. The Hall–Kier alpha value is -1.63. The Morgan fingerprint density at radius 2 is 2.11 bits per heavy atom. The summed E-state index contributed by atoms with van der Waals surface area (Å²) in [6, 6.07) is 8.84. The Morgan fingerprint density at radius 3 is 2.68 bits per heavy atom. The van der Waals surface area contributed by atoms with Crippen LogP contribution in [-0.2, 0) is 4.43 Å². The average Bonchev–Trinajstić information content (AvgIpc) is 2.79. The van der Waals surface area contributed by atoms with Crippen LogP contribution in [0.4, 0.5) is 0 Å². The van der Waals surface area contributed by atoms with Crippen LogP contribution in [-0.4, -0.2) is 21.9 Å². The third kappa shape index (κ3) is 2.56. The van der Waals surface area contributed by atoms with Crippen molar-refractivity contribution in [3.05, 3.63) is 52.8 Å². The molecule has 98 valence electrons. The van der Waals surface area contributed by atoms with E-state index in [1.165, 1.54) is 6.07 Å². The van der Waals surface area contributed by atoms with E-state index in [9.17, 15) is 9.59 Å². The molecule has 1 aromatic carbocycles. The quantitative estimate of drug-likeness (QED) is 0.512. The van der Waals surface area contributed by atoms with Crippen LogP contribution in [0.15, 0.2) is 30.3 Å². The van der Waals surface area contributed by atoms with Gasteiger partial charge in [0.2, 0.25) is 0 Å². The van der Waals surface area contributed by atoms with Gasteiger partial charge in [-0.05, 0) is 37.3 Å². The summed E-state index contributed by atoms with van der Waals surface area (Å²) in [5, 5.41) is 9.14. The number of alkyl halides is 1. The van der Waals surface area contributed by atoms with Crippen molar-refractivity contribution in [2.45, 2.75) is 11.4 Å². The van der Waals surface area contributed by atoms with E-state index >= 15 is 0 Å². The molecule has 1 N–H and O–H groups in total. The SMILES string of the molecule is Cc1ccc(CI)n1-c1ccc(C=O)c(C(=O)O)c1. The predicted molar refractivity (Wildman–Crippen MR) is 80.6 cm³/mol. The summed E-state index contributed by atoms with van der Waals surface area (Å²) in [5.41, 5.74) is 3.10. The van der Waals surface area contributed by atoms with Crippen molar-refractivity contribution in [3.63, 3.8) is 0 Å². The number of aromatic carboxylic acids is 1. The predicted octanol–water partition coefficient (Wildman–Crippen LogP) is 3.23. The number of hydrogen-bond donors (Lipinski definition) is 1. The maximum absolute atomic E-state index is 11.2. The number of hydrogen-bond acceptors (Lipinski definition) is 2. The lowest BCUT2D eigenvalue weighted by Gasteiger charge is -2.12. The Balaban J connectivity index is 2.63. The van der Waals surface area contributed by atoms with Gasteiger partial charge in [-0.3, -0.25) is 4.79 Å².